The summed E-state index contributed by atoms with van der Waals surface area (Å²) in [6, 6.07) is 17.2. The van der Waals surface area contributed by atoms with Gasteiger partial charge in [0, 0.05) is 47.6 Å². The Hall–Kier alpha value is -2.10. The Morgan fingerprint density at radius 2 is 2.04 bits per heavy atom. The average Bonchev–Trinajstić information content (AvgIpc) is 2.64. The maximum atomic E-state index is 6.32. The second-order valence-electron chi connectivity index (χ2n) is 6.75. The van der Waals surface area contributed by atoms with Crippen LogP contribution in [-0.4, -0.2) is 29.0 Å². The van der Waals surface area contributed by atoms with Crippen LogP contribution in [0.15, 0.2) is 60.9 Å². The number of aromatic nitrogens is 1. The Morgan fingerprint density at radius 1 is 1.12 bits per heavy atom. The van der Waals surface area contributed by atoms with Crippen LogP contribution in [0, 0.1) is 0 Å². The zero-order chi connectivity index (χ0) is 17.1. The molecule has 0 bridgehead atoms. The van der Waals surface area contributed by atoms with E-state index in [0.717, 1.165) is 24.7 Å². The van der Waals surface area contributed by atoms with Crippen LogP contribution in [0.5, 0.6) is 0 Å². The molecule has 0 spiro atoms. The van der Waals surface area contributed by atoms with Crippen molar-refractivity contribution in [1.82, 2.24) is 9.88 Å². The number of rotatable bonds is 4. The normalized spacial score (nSPS) is 18.4. The monoisotopic (exact) mass is 351 g/mol. The molecule has 25 heavy (non-hydrogen) atoms. The molecule has 1 saturated heterocycles. The van der Waals surface area contributed by atoms with E-state index >= 15 is 0 Å². The van der Waals surface area contributed by atoms with Crippen molar-refractivity contribution in [2.24, 2.45) is 0 Å². The molecular formula is C21H22ClN3. The highest BCUT2D eigenvalue weighted by atomic mass is 35.5. The second kappa shape index (κ2) is 7.42. The summed E-state index contributed by atoms with van der Waals surface area (Å²) < 4.78 is 0. The van der Waals surface area contributed by atoms with Crippen molar-refractivity contribution < 1.29 is 0 Å². The molecular weight excluding hydrogens is 330 g/mol. The van der Waals surface area contributed by atoms with E-state index in [1.165, 1.54) is 34.9 Å². The molecule has 4 heteroatoms. The highest BCUT2D eigenvalue weighted by molar-refractivity contribution is 6.31. The standard InChI is InChI=1S/C21H22ClN3/c22-21-6-2-1-4-18(21)14-25-11-3-5-20(15-25)24-19-8-7-17-13-23-10-9-16(17)12-19/h1-2,4,6-10,12-13,20,24H,3,5,11,14-15H2/t20-/m1/s1. The van der Waals surface area contributed by atoms with Crippen LogP contribution >= 0.6 is 11.6 Å². The van der Waals surface area contributed by atoms with E-state index in [-0.39, 0.29) is 0 Å². The van der Waals surface area contributed by atoms with E-state index in [0.29, 0.717) is 6.04 Å². The first-order valence-corrected chi connectivity index (χ1v) is 9.22. The lowest BCUT2D eigenvalue weighted by Crippen LogP contribution is -2.41. The van der Waals surface area contributed by atoms with Gasteiger partial charge in [0.25, 0.3) is 0 Å². The van der Waals surface area contributed by atoms with Crippen LogP contribution < -0.4 is 5.32 Å². The number of halogens is 1. The first-order chi connectivity index (χ1) is 12.3. The number of benzene rings is 2. The van der Waals surface area contributed by atoms with Gasteiger partial charge in [-0.2, -0.15) is 0 Å². The summed E-state index contributed by atoms with van der Waals surface area (Å²) in [4.78, 5) is 6.67. The molecule has 1 atom stereocenters. The van der Waals surface area contributed by atoms with Crippen molar-refractivity contribution in [3.63, 3.8) is 0 Å². The summed E-state index contributed by atoms with van der Waals surface area (Å²) in [6.07, 6.45) is 6.16. The molecule has 2 aromatic carbocycles. The fourth-order valence-electron chi connectivity index (χ4n) is 3.59. The molecule has 1 fully saturated rings. The third-order valence-corrected chi connectivity index (χ3v) is 5.24. The van der Waals surface area contributed by atoms with E-state index < -0.39 is 0 Å². The molecule has 1 aliphatic rings. The third kappa shape index (κ3) is 3.94. The molecule has 1 N–H and O–H groups in total. The van der Waals surface area contributed by atoms with Gasteiger partial charge in [-0.3, -0.25) is 9.88 Å². The Kier molecular flexibility index (Phi) is 4.86. The number of hydrogen-bond donors (Lipinski definition) is 1. The highest BCUT2D eigenvalue weighted by Crippen LogP contribution is 2.23. The van der Waals surface area contributed by atoms with E-state index in [1.54, 1.807) is 0 Å². The minimum Gasteiger partial charge on any atom is -0.381 e. The number of nitrogens with one attached hydrogen (secondary N) is 1. The van der Waals surface area contributed by atoms with E-state index in [4.69, 9.17) is 11.6 Å². The Morgan fingerprint density at radius 3 is 2.96 bits per heavy atom. The topological polar surface area (TPSA) is 28.2 Å². The third-order valence-electron chi connectivity index (χ3n) is 4.87. The first kappa shape index (κ1) is 16.4. The summed E-state index contributed by atoms with van der Waals surface area (Å²) in [7, 11) is 0. The number of pyridine rings is 1. The van der Waals surface area contributed by atoms with E-state index in [9.17, 15) is 0 Å². The molecule has 2 heterocycles. The quantitative estimate of drug-likeness (QED) is 0.719. The predicted molar refractivity (Wildman–Crippen MR) is 105 cm³/mol. The first-order valence-electron chi connectivity index (χ1n) is 8.84. The Balaban J connectivity index is 1.43. The van der Waals surface area contributed by atoms with Crippen LogP contribution in [0.2, 0.25) is 5.02 Å². The number of anilines is 1. The summed E-state index contributed by atoms with van der Waals surface area (Å²) in [5.74, 6) is 0. The van der Waals surface area contributed by atoms with Gasteiger partial charge in [0.15, 0.2) is 0 Å². The van der Waals surface area contributed by atoms with Gasteiger partial charge in [0.2, 0.25) is 0 Å². The lowest BCUT2D eigenvalue weighted by Gasteiger charge is -2.34. The molecule has 0 aliphatic carbocycles. The van der Waals surface area contributed by atoms with Crippen molar-refractivity contribution in [3.05, 3.63) is 71.5 Å². The van der Waals surface area contributed by atoms with Gasteiger partial charge in [0.1, 0.15) is 0 Å². The van der Waals surface area contributed by atoms with Gasteiger partial charge in [-0.05, 0) is 54.6 Å². The highest BCUT2D eigenvalue weighted by Gasteiger charge is 2.20. The van der Waals surface area contributed by atoms with Gasteiger partial charge in [-0.25, -0.2) is 0 Å². The fraction of sp³-hybridized carbons (Fsp3) is 0.286. The minimum atomic E-state index is 0.468. The number of hydrogen-bond acceptors (Lipinski definition) is 3. The van der Waals surface area contributed by atoms with Crippen LogP contribution in [0.25, 0.3) is 10.8 Å². The Labute approximate surface area is 153 Å². The summed E-state index contributed by atoms with van der Waals surface area (Å²) >= 11 is 6.32. The lowest BCUT2D eigenvalue weighted by molar-refractivity contribution is 0.208. The fourth-order valence-corrected chi connectivity index (χ4v) is 3.79. The van der Waals surface area contributed by atoms with Crippen LogP contribution in [-0.2, 0) is 6.54 Å². The van der Waals surface area contributed by atoms with Crippen LogP contribution in [0.3, 0.4) is 0 Å². The largest absolute Gasteiger partial charge is 0.381 e. The van der Waals surface area contributed by atoms with Crippen molar-refractivity contribution in [3.8, 4) is 0 Å². The number of fused-ring (bicyclic) bond motifs is 1. The lowest BCUT2D eigenvalue weighted by atomic mass is 10.0. The van der Waals surface area contributed by atoms with Gasteiger partial charge < -0.3 is 5.32 Å². The number of piperidine rings is 1. The smallest absolute Gasteiger partial charge is 0.0451 e. The summed E-state index contributed by atoms with van der Waals surface area (Å²) in [6.45, 7) is 3.09. The van der Waals surface area contributed by atoms with Gasteiger partial charge in [-0.1, -0.05) is 35.9 Å². The van der Waals surface area contributed by atoms with Crippen LogP contribution in [0.4, 0.5) is 5.69 Å². The van der Waals surface area contributed by atoms with Crippen molar-refractivity contribution >= 4 is 28.1 Å². The summed E-state index contributed by atoms with van der Waals surface area (Å²) in [5.41, 5.74) is 2.39. The van der Waals surface area contributed by atoms with Gasteiger partial charge >= 0.3 is 0 Å². The predicted octanol–water partition coefficient (Wildman–Crippen LogP) is 4.96. The van der Waals surface area contributed by atoms with Gasteiger partial charge in [-0.15, -0.1) is 0 Å². The zero-order valence-corrected chi connectivity index (χ0v) is 14.9. The number of nitrogens with zero attached hydrogens (tertiary/aromatic N) is 2. The molecule has 1 aliphatic heterocycles. The van der Waals surface area contributed by atoms with Crippen molar-refractivity contribution in [1.29, 1.82) is 0 Å². The number of likely N-dealkylation sites (tertiary alicyclic amines) is 1. The summed E-state index contributed by atoms with van der Waals surface area (Å²) in [5, 5.41) is 6.97. The molecule has 0 saturated carbocycles. The molecule has 128 valence electrons. The second-order valence-corrected chi connectivity index (χ2v) is 7.15. The van der Waals surface area contributed by atoms with Gasteiger partial charge in [0.05, 0.1) is 0 Å². The molecule has 0 radical (unpaired) electrons. The van der Waals surface area contributed by atoms with Crippen LogP contribution in [0.1, 0.15) is 18.4 Å². The van der Waals surface area contributed by atoms with E-state index in [2.05, 4.69) is 51.6 Å². The molecule has 0 unspecified atom stereocenters. The maximum absolute atomic E-state index is 6.32. The van der Waals surface area contributed by atoms with E-state index in [1.807, 2.05) is 24.5 Å². The minimum absolute atomic E-state index is 0.468. The molecule has 1 aromatic heterocycles. The Bertz CT molecular complexity index is 864. The SMILES string of the molecule is Clc1ccccc1CN1CCC[C@@H](Nc2ccc3cnccc3c2)C1. The molecule has 4 rings (SSSR count). The molecule has 3 nitrogen and oxygen atoms in total. The zero-order valence-electron chi connectivity index (χ0n) is 14.2. The maximum Gasteiger partial charge on any atom is 0.0451 e. The van der Waals surface area contributed by atoms with Crippen molar-refractivity contribution in [2.45, 2.75) is 25.4 Å². The molecule has 3 aromatic rings. The molecule has 0 amide bonds. The van der Waals surface area contributed by atoms with Crippen molar-refractivity contribution in [2.75, 3.05) is 18.4 Å². The average molecular weight is 352 g/mol.